The van der Waals surface area contributed by atoms with Crippen LogP contribution in [0.3, 0.4) is 0 Å². The zero-order valence-corrected chi connectivity index (χ0v) is 22.2. The van der Waals surface area contributed by atoms with Gasteiger partial charge in [-0.05, 0) is 63.2 Å². The first-order valence-corrected chi connectivity index (χ1v) is 13.0. The monoisotopic (exact) mass is 613 g/mol. The number of amides is 3. The van der Waals surface area contributed by atoms with Gasteiger partial charge in [-0.25, -0.2) is 0 Å². The molecule has 0 saturated heterocycles. The van der Waals surface area contributed by atoms with Gasteiger partial charge in [0.05, 0.1) is 0 Å². The summed E-state index contributed by atoms with van der Waals surface area (Å²) in [6, 6.07) is 25.3. The van der Waals surface area contributed by atoms with Gasteiger partial charge < -0.3 is 21.5 Å². The third-order valence-corrected chi connectivity index (χ3v) is 6.66. The highest BCUT2D eigenvalue weighted by molar-refractivity contribution is 14.1. The van der Waals surface area contributed by atoms with Crippen molar-refractivity contribution in [2.75, 3.05) is 0 Å². The highest BCUT2D eigenvalue weighted by Gasteiger charge is 2.24. The van der Waals surface area contributed by atoms with Gasteiger partial charge in [0.15, 0.2) is 4.05 Å². The first kappa shape index (κ1) is 27.9. The number of carboxylic acid groups (broad SMARTS) is 1. The molecule has 0 heterocycles. The smallest absolute Gasteiger partial charge is 0.303 e. The van der Waals surface area contributed by atoms with Crippen molar-refractivity contribution in [2.24, 2.45) is 5.73 Å². The van der Waals surface area contributed by atoms with Crippen LogP contribution < -0.4 is 16.4 Å². The fourth-order valence-electron chi connectivity index (χ4n) is 3.71. The van der Waals surface area contributed by atoms with Gasteiger partial charge in [-0.15, -0.1) is 0 Å². The molecule has 0 aliphatic rings. The van der Waals surface area contributed by atoms with Crippen LogP contribution in [0.5, 0.6) is 0 Å². The van der Waals surface area contributed by atoms with Gasteiger partial charge in [0.1, 0.15) is 6.04 Å². The Kier molecular flexibility index (Phi) is 10.2. The van der Waals surface area contributed by atoms with E-state index >= 15 is 0 Å². The van der Waals surface area contributed by atoms with Crippen LogP contribution in [0.15, 0.2) is 78.9 Å². The number of hydrogen-bond acceptors (Lipinski definition) is 4. The molecule has 0 bridgehead atoms. The third kappa shape index (κ3) is 8.71. The molecule has 3 aromatic rings. The van der Waals surface area contributed by atoms with Crippen molar-refractivity contribution in [1.29, 1.82) is 0 Å². The molecule has 0 spiro atoms. The van der Waals surface area contributed by atoms with Crippen LogP contribution in [0.4, 0.5) is 0 Å². The summed E-state index contributed by atoms with van der Waals surface area (Å²) in [5.74, 6) is -2.89. The number of hydrogen-bond donors (Lipinski definition) is 4. The maximum absolute atomic E-state index is 12.5. The quantitative estimate of drug-likeness (QED) is 0.140. The average Bonchev–Trinajstić information content (AvgIpc) is 2.90. The zero-order valence-electron chi connectivity index (χ0n) is 20.0. The van der Waals surface area contributed by atoms with E-state index in [9.17, 15) is 19.2 Å². The van der Waals surface area contributed by atoms with Crippen LogP contribution in [-0.2, 0) is 25.6 Å². The van der Waals surface area contributed by atoms with E-state index in [4.69, 9.17) is 10.8 Å². The molecule has 0 fully saturated rings. The van der Waals surface area contributed by atoms with Crippen molar-refractivity contribution >= 4 is 46.3 Å². The van der Waals surface area contributed by atoms with Crippen LogP contribution in [-0.4, -0.2) is 38.9 Å². The number of carbonyl (C=O) groups is 4. The second kappa shape index (κ2) is 13.5. The second-order valence-electron chi connectivity index (χ2n) is 8.47. The van der Waals surface area contributed by atoms with Crippen molar-refractivity contribution in [3.63, 3.8) is 0 Å². The van der Waals surface area contributed by atoms with Crippen LogP contribution in [0.25, 0.3) is 22.3 Å². The Bertz CT molecular complexity index is 1230. The molecule has 3 rings (SSSR count). The lowest BCUT2D eigenvalue weighted by molar-refractivity contribution is -0.138. The van der Waals surface area contributed by atoms with Crippen LogP contribution >= 0.6 is 22.6 Å². The summed E-state index contributed by atoms with van der Waals surface area (Å²) in [5.41, 5.74) is 10.6. The van der Waals surface area contributed by atoms with E-state index < -0.39 is 33.8 Å². The van der Waals surface area contributed by atoms with Crippen molar-refractivity contribution in [3.8, 4) is 22.3 Å². The molecule has 0 aliphatic heterocycles. The van der Waals surface area contributed by atoms with Crippen molar-refractivity contribution < 1.29 is 24.3 Å². The molecule has 5 N–H and O–H groups in total. The van der Waals surface area contributed by atoms with E-state index in [0.29, 0.717) is 6.42 Å². The molecule has 8 nitrogen and oxygen atoms in total. The number of nitrogens with one attached hydrogen (secondary N) is 2. The second-order valence-corrected chi connectivity index (χ2v) is 9.71. The highest BCUT2D eigenvalue weighted by atomic mass is 127. The van der Waals surface area contributed by atoms with Gasteiger partial charge in [0.2, 0.25) is 17.7 Å². The summed E-state index contributed by atoms with van der Waals surface area (Å²) in [6.45, 7) is 0. The number of nitrogens with two attached hydrogens (primary N) is 1. The SMILES string of the molecule is NC(=O)[C@H](I)NC(=O)[C@H](CCC(=O)O)NC(=O)CCc1ccc(-c2ccc(-c3ccccc3)cc2)cc1. The molecule has 3 amide bonds. The van der Waals surface area contributed by atoms with Gasteiger partial charge in [-0.1, -0.05) is 78.9 Å². The minimum Gasteiger partial charge on any atom is -0.481 e. The van der Waals surface area contributed by atoms with Crippen molar-refractivity contribution in [3.05, 3.63) is 84.4 Å². The number of benzene rings is 3. The first-order chi connectivity index (χ1) is 17.7. The molecule has 2 atom stereocenters. The lowest BCUT2D eigenvalue weighted by Gasteiger charge is -2.19. The van der Waals surface area contributed by atoms with Crippen LogP contribution in [0.2, 0.25) is 0 Å². The summed E-state index contributed by atoms with van der Waals surface area (Å²) in [5, 5.41) is 13.9. The number of rotatable bonds is 12. The molecule has 0 saturated carbocycles. The fraction of sp³-hybridized carbons (Fsp3) is 0.214. The fourth-order valence-corrected chi connectivity index (χ4v) is 4.01. The largest absolute Gasteiger partial charge is 0.481 e. The normalized spacial score (nSPS) is 12.2. The number of alkyl halides is 1. The maximum Gasteiger partial charge on any atom is 0.303 e. The lowest BCUT2D eigenvalue weighted by Crippen LogP contribution is -2.51. The van der Waals surface area contributed by atoms with E-state index in [-0.39, 0.29) is 19.3 Å². The molecule has 37 heavy (non-hydrogen) atoms. The van der Waals surface area contributed by atoms with E-state index in [2.05, 4.69) is 47.0 Å². The van der Waals surface area contributed by atoms with E-state index in [0.717, 1.165) is 27.8 Å². The number of carboxylic acids is 1. The summed E-state index contributed by atoms with van der Waals surface area (Å²) >= 11 is 1.66. The number of aryl methyl sites for hydroxylation is 1. The Hall–Kier alpha value is -3.73. The standard InChI is InChI=1S/C28H28IN3O5/c29-26(27(30)36)32-28(37)23(15-17-25(34)35)31-24(33)16-8-18-6-9-20(10-7-18)22-13-11-21(12-14-22)19-4-2-1-3-5-19/h1-7,9-14,23,26H,8,15-17H2,(H2,30,36)(H,31,33)(H,32,37)(H,34,35)/t23-,26+/m0/s1. The van der Waals surface area contributed by atoms with Gasteiger partial charge in [-0.2, -0.15) is 0 Å². The summed E-state index contributed by atoms with van der Waals surface area (Å²) in [4.78, 5) is 47.1. The first-order valence-electron chi connectivity index (χ1n) is 11.7. The Labute approximate surface area is 228 Å². The Morgan fingerprint density at radius 2 is 1.27 bits per heavy atom. The topological polar surface area (TPSA) is 139 Å². The Morgan fingerprint density at radius 1 is 0.757 bits per heavy atom. The maximum atomic E-state index is 12.5. The Balaban J connectivity index is 1.56. The van der Waals surface area contributed by atoms with Gasteiger partial charge in [0.25, 0.3) is 0 Å². The molecule has 0 aliphatic carbocycles. The van der Waals surface area contributed by atoms with Crippen molar-refractivity contribution in [1.82, 2.24) is 10.6 Å². The van der Waals surface area contributed by atoms with Crippen molar-refractivity contribution in [2.45, 2.75) is 35.8 Å². The van der Waals surface area contributed by atoms with E-state index in [1.54, 1.807) is 22.6 Å². The average molecular weight is 613 g/mol. The summed E-state index contributed by atoms with van der Waals surface area (Å²) in [6.07, 6.45) is 0.148. The summed E-state index contributed by atoms with van der Waals surface area (Å²) in [7, 11) is 0. The molecule has 9 heteroatoms. The molecule has 192 valence electrons. The predicted octanol–water partition coefficient (Wildman–Crippen LogP) is 3.67. The number of halogens is 1. The Morgan fingerprint density at radius 3 is 1.78 bits per heavy atom. The molecular weight excluding hydrogens is 585 g/mol. The van der Waals surface area contributed by atoms with Gasteiger partial charge in [-0.3, -0.25) is 19.2 Å². The lowest BCUT2D eigenvalue weighted by atomic mass is 9.99. The summed E-state index contributed by atoms with van der Waals surface area (Å²) < 4.78 is -0.970. The molecule has 3 aromatic carbocycles. The van der Waals surface area contributed by atoms with Crippen LogP contribution in [0, 0.1) is 0 Å². The predicted molar refractivity (Wildman–Crippen MR) is 150 cm³/mol. The van der Waals surface area contributed by atoms with Gasteiger partial charge >= 0.3 is 5.97 Å². The van der Waals surface area contributed by atoms with Crippen LogP contribution in [0.1, 0.15) is 24.8 Å². The van der Waals surface area contributed by atoms with Gasteiger partial charge in [0, 0.05) is 12.8 Å². The molecule has 0 unspecified atom stereocenters. The number of carbonyl (C=O) groups excluding carboxylic acids is 3. The minimum atomic E-state index is -1.09. The van der Waals surface area contributed by atoms with E-state index in [1.165, 1.54) is 0 Å². The third-order valence-electron chi connectivity index (χ3n) is 5.74. The molecular formula is C28H28IN3O5. The number of aliphatic carboxylic acids is 1. The molecule has 0 radical (unpaired) electrons. The number of primary amides is 1. The van der Waals surface area contributed by atoms with E-state index in [1.807, 2.05) is 42.5 Å². The zero-order chi connectivity index (χ0) is 26.8. The minimum absolute atomic E-state index is 0.104. The molecule has 0 aromatic heterocycles. The highest BCUT2D eigenvalue weighted by Crippen LogP contribution is 2.25.